The summed E-state index contributed by atoms with van der Waals surface area (Å²) in [6, 6.07) is 14.3. The van der Waals surface area contributed by atoms with Gasteiger partial charge in [-0.2, -0.15) is 0 Å². The van der Waals surface area contributed by atoms with Crippen molar-refractivity contribution in [3.63, 3.8) is 0 Å². The van der Waals surface area contributed by atoms with E-state index >= 15 is 0 Å². The lowest BCUT2D eigenvalue weighted by molar-refractivity contribution is -0.119. The molecule has 4 rings (SSSR count). The first-order chi connectivity index (χ1) is 10.3. The van der Waals surface area contributed by atoms with Gasteiger partial charge in [-0.3, -0.25) is 4.79 Å². The third kappa shape index (κ3) is 2.19. The van der Waals surface area contributed by atoms with Crippen molar-refractivity contribution in [2.75, 3.05) is 13.2 Å². The Kier molecular flexibility index (Phi) is 2.92. The van der Waals surface area contributed by atoms with Gasteiger partial charge < -0.3 is 9.47 Å². The molecule has 0 bridgehead atoms. The number of Topliss-reactive ketones (excluding diaryl/α,β-unsaturated/α-hetero) is 1. The van der Waals surface area contributed by atoms with Gasteiger partial charge in [0.05, 0.1) is 0 Å². The molecule has 1 heterocycles. The molecule has 3 nitrogen and oxygen atoms in total. The summed E-state index contributed by atoms with van der Waals surface area (Å²) in [5, 5.41) is 0. The monoisotopic (exact) mass is 280 g/mol. The number of hydrogen-bond donors (Lipinski definition) is 0. The number of rotatable bonds is 1. The van der Waals surface area contributed by atoms with Crippen molar-refractivity contribution in [3.8, 4) is 11.5 Å². The summed E-state index contributed by atoms with van der Waals surface area (Å²) in [4.78, 5) is 12.1. The molecule has 0 spiro atoms. The second kappa shape index (κ2) is 4.92. The van der Waals surface area contributed by atoms with Crippen LogP contribution in [-0.2, 0) is 11.2 Å². The summed E-state index contributed by atoms with van der Waals surface area (Å²) in [6.45, 7) is 1.16. The molecule has 0 fully saturated rings. The number of carbonyl (C=O) groups is 1. The molecule has 0 saturated carbocycles. The van der Waals surface area contributed by atoms with Crippen molar-refractivity contribution < 1.29 is 14.3 Å². The van der Waals surface area contributed by atoms with Crippen LogP contribution in [-0.4, -0.2) is 19.0 Å². The zero-order chi connectivity index (χ0) is 14.2. The average molecular weight is 280 g/mol. The highest BCUT2D eigenvalue weighted by atomic mass is 16.6. The lowest BCUT2D eigenvalue weighted by Crippen LogP contribution is -2.21. The molecule has 1 aliphatic carbocycles. The van der Waals surface area contributed by atoms with Gasteiger partial charge in [-0.25, -0.2) is 0 Å². The quantitative estimate of drug-likeness (QED) is 0.805. The fraction of sp³-hybridized carbons (Fsp3) is 0.278. The van der Waals surface area contributed by atoms with Crippen LogP contribution in [0.3, 0.4) is 0 Å². The Labute approximate surface area is 123 Å². The van der Waals surface area contributed by atoms with Crippen LogP contribution in [0.4, 0.5) is 0 Å². The Morgan fingerprint density at radius 3 is 2.43 bits per heavy atom. The van der Waals surface area contributed by atoms with Crippen LogP contribution in [0.5, 0.6) is 11.5 Å². The predicted molar refractivity (Wildman–Crippen MR) is 79.0 cm³/mol. The summed E-state index contributed by atoms with van der Waals surface area (Å²) >= 11 is 0. The van der Waals surface area contributed by atoms with Crippen molar-refractivity contribution in [1.29, 1.82) is 0 Å². The topological polar surface area (TPSA) is 35.5 Å². The fourth-order valence-corrected chi connectivity index (χ4v) is 3.23. The maximum absolute atomic E-state index is 12.1. The number of ketones is 1. The SMILES string of the molecule is O=C1Cc2cc3c(cc2C(c2ccccc2)C1)OCCO3. The molecule has 2 aliphatic rings. The molecule has 0 aromatic heterocycles. The minimum atomic E-state index is 0.123. The number of hydrogen-bond acceptors (Lipinski definition) is 3. The molecular formula is C18H16O3. The van der Waals surface area contributed by atoms with Gasteiger partial charge in [-0.05, 0) is 28.8 Å². The Hall–Kier alpha value is -2.29. The largest absolute Gasteiger partial charge is 0.486 e. The first-order valence-corrected chi connectivity index (χ1v) is 7.30. The molecule has 0 radical (unpaired) electrons. The van der Waals surface area contributed by atoms with Gasteiger partial charge >= 0.3 is 0 Å². The van der Waals surface area contributed by atoms with Gasteiger partial charge in [-0.15, -0.1) is 0 Å². The number of ether oxygens (including phenoxy) is 2. The Morgan fingerprint density at radius 2 is 1.67 bits per heavy atom. The minimum Gasteiger partial charge on any atom is -0.486 e. The lowest BCUT2D eigenvalue weighted by Gasteiger charge is -2.28. The van der Waals surface area contributed by atoms with E-state index in [-0.39, 0.29) is 11.7 Å². The van der Waals surface area contributed by atoms with E-state index in [1.54, 1.807) is 0 Å². The highest BCUT2D eigenvalue weighted by Crippen LogP contribution is 2.41. The highest BCUT2D eigenvalue weighted by molar-refractivity contribution is 5.85. The molecule has 21 heavy (non-hydrogen) atoms. The molecule has 2 aromatic rings. The van der Waals surface area contributed by atoms with E-state index in [0.29, 0.717) is 26.1 Å². The van der Waals surface area contributed by atoms with E-state index in [2.05, 4.69) is 18.2 Å². The number of fused-ring (bicyclic) bond motifs is 2. The number of carbonyl (C=O) groups excluding carboxylic acids is 1. The number of benzene rings is 2. The molecule has 106 valence electrons. The zero-order valence-electron chi connectivity index (χ0n) is 11.7. The van der Waals surface area contributed by atoms with Crippen LogP contribution < -0.4 is 9.47 Å². The summed E-state index contributed by atoms with van der Waals surface area (Å²) in [5.41, 5.74) is 3.46. The van der Waals surface area contributed by atoms with Crippen LogP contribution in [0.15, 0.2) is 42.5 Å². The van der Waals surface area contributed by atoms with Crippen molar-refractivity contribution >= 4 is 5.78 Å². The fourth-order valence-electron chi connectivity index (χ4n) is 3.23. The van der Waals surface area contributed by atoms with Crippen LogP contribution in [0, 0.1) is 0 Å². The molecule has 1 aliphatic heterocycles. The first kappa shape index (κ1) is 12.5. The van der Waals surface area contributed by atoms with E-state index in [0.717, 1.165) is 17.1 Å². The highest BCUT2D eigenvalue weighted by Gasteiger charge is 2.29. The van der Waals surface area contributed by atoms with Gasteiger partial charge in [-0.1, -0.05) is 30.3 Å². The maximum atomic E-state index is 12.1. The Morgan fingerprint density at radius 1 is 0.952 bits per heavy atom. The van der Waals surface area contributed by atoms with Gasteiger partial charge in [0.15, 0.2) is 11.5 Å². The van der Waals surface area contributed by atoms with Crippen molar-refractivity contribution in [2.24, 2.45) is 0 Å². The lowest BCUT2D eigenvalue weighted by atomic mass is 9.78. The van der Waals surface area contributed by atoms with Gasteiger partial charge in [0.1, 0.15) is 19.0 Å². The minimum absolute atomic E-state index is 0.123. The molecule has 2 aromatic carbocycles. The third-order valence-electron chi connectivity index (χ3n) is 4.20. The molecule has 0 amide bonds. The standard InChI is InChI=1S/C18H16O3/c19-14-8-13-9-17-18(21-7-6-20-17)11-16(13)15(10-14)12-4-2-1-3-5-12/h1-5,9,11,15H,6-8,10H2. The molecule has 0 saturated heterocycles. The second-order valence-electron chi connectivity index (χ2n) is 5.58. The molecule has 0 N–H and O–H groups in total. The predicted octanol–water partition coefficient (Wildman–Crippen LogP) is 3.11. The zero-order valence-corrected chi connectivity index (χ0v) is 11.7. The molecule has 1 unspecified atom stereocenters. The molecule has 1 atom stereocenters. The van der Waals surface area contributed by atoms with Gasteiger partial charge in [0.2, 0.25) is 0 Å². The van der Waals surface area contributed by atoms with Gasteiger partial charge in [0, 0.05) is 18.8 Å². The molecular weight excluding hydrogens is 264 g/mol. The second-order valence-corrected chi connectivity index (χ2v) is 5.58. The normalized spacial score (nSPS) is 20.0. The van der Waals surface area contributed by atoms with Gasteiger partial charge in [0.25, 0.3) is 0 Å². The smallest absolute Gasteiger partial charge is 0.161 e. The Balaban J connectivity index is 1.84. The van der Waals surface area contributed by atoms with E-state index in [9.17, 15) is 4.79 Å². The van der Waals surface area contributed by atoms with Crippen molar-refractivity contribution in [1.82, 2.24) is 0 Å². The summed E-state index contributed by atoms with van der Waals surface area (Å²) in [7, 11) is 0. The van der Waals surface area contributed by atoms with E-state index < -0.39 is 0 Å². The van der Waals surface area contributed by atoms with Crippen LogP contribution >= 0.6 is 0 Å². The van der Waals surface area contributed by atoms with Crippen molar-refractivity contribution in [2.45, 2.75) is 18.8 Å². The summed E-state index contributed by atoms with van der Waals surface area (Å²) in [5.74, 6) is 1.98. The van der Waals surface area contributed by atoms with E-state index in [1.165, 1.54) is 11.1 Å². The van der Waals surface area contributed by atoms with Crippen LogP contribution in [0.25, 0.3) is 0 Å². The van der Waals surface area contributed by atoms with Crippen molar-refractivity contribution in [3.05, 3.63) is 59.2 Å². The average Bonchev–Trinajstić information content (AvgIpc) is 2.53. The van der Waals surface area contributed by atoms with E-state index in [4.69, 9.17) is 9.47 Å². The molecule has 3 heteroatoms. The van der Waals surface area contributed by atoms with Crippen LogP contribution in [0.1, 0.15) is 29.0 Å². The first-order valence-electron chi connectivity index (χ1n) is 7.30. The maximum Gasteiger partial charge on any atom is 0.161 e. The summed E-state index contributed by atoms with van der Waals surface area (Å²) in [6.07, 6.45) is 1.06. The third-order valence-corrected chi connectivity index (χ3v) is 4.20. The Bertz CT molecular complexity index is 691. The summed E-state index contributed by atoms with van der Waals surface area (Å²) < 4.78 is 11.3. The van der Waals surface area contributed by atoms with E-state index in [1.807, 2.05) is 24.3 Å². The van der Waals surface area contributed by atoms with Crippen LogP contribution in [0.2, 0.25) is 0 Å².